The van der Waals surface area contributed by atoms with Gasteiger partial charge in [-0.1, -0.05) is 19.3 Å². The van der Waals surface area contributed by atoms with E-state index >= 15 is 0 Å². The smallest absolute Gasteiger partial charge is 0.262 e. The van der Waals surface area contributed by atoms with E-state index in [1.165, 1.54) is 11.3 Å². The number of rotatable bonds is 5. The molecule has 1 aromatic rings. The second-order valence-electron chi connectivity index (χ2n) is 5.81. The van der Waals surface area contributed by atoms with Gasteiger partial charge in [-0.15, -0.1) is 11.3 Å². The summed E-state index contributed by atoms with van der Waals surface area (Å²) < 4.78 is 1.75. The first kappa shape index (κ1) is 18.9. The van der Waals surface area contributed by atoms with Gasteiger partial charge in [0.2, 0.25) is 5.91 Å². The highest BCUT2D eigenvalue weighted by Gasteiger charge is 2.43. The summed E-state index contributed by atoms with van der Waals surface area (Å²) in [5.41, 5.74) is -0.746. The number of likely N-dealkylation sites (N-methyl/N-ethyl adjacent to an activating group) is 1. The number of thiophene rings is 1. The molecule has 0 saturated heterocycles. The monoisotopic (exact) mass is 464 g/mol. The molecular formula is C16H22Br2N2O2S. The number of carbonyl (C=O) groups is 2. The van der Waals surface area contributed by atoms with Crippen LogP contribution in [0.5, 0.6) is 0 Å². The highest BCUT2D eigenvalue weighted by atomic mass is 79.9. The Hall–Kier alpha value is -0.400. The summed E-state index contributed by atoms with van der Waals surface area (Å²) in [5.74, 6) is -0.103. The molecule has 1 aromatic heterocycles. The third-order valence-corrected chi connectivity index (χ3v) is 7.64. The molecule has 0 aliphatic heterocycles. The molecule has 23 heavy (non-hydrogen) atoms. The number of nitrogens with one attached hydrogen (secondary N) is 1. The van der Waals surface area contributed by atoms with Crippen LogP contribution >= 0.6 is 43.2 Å². The van der Waals surface area contributed by atoms with E-state index in [0.29, 0.717) is 18.0 Å². The third-order valence-electron chi connectivity index (χ3n) is 4.39. The maximum absolute atomic E-state index is 13.0. The Morgan fingerprint density at radius 1 is 1.22 bits per heavy atom. The molecule has 128 valence electrons. The van der Waals surface area contributed by atoms with Crippen molar-refractivity contribution in [1.29, 1.82) is 0 Å². The van der Waals surface area contributed by atoms with Gasteiger partial charge in [-0.25, -0.2) is 0 Å². The SMILES string of the molecule is CCN(CC)C(=O)C1(NC(=O)c2cc(Br)c(Br)s2)CCCCC1. The molecule has 0 spiro atoms. The Bertz CT molecular complexity index is 559. The summed E-state index contributed by atoms with van der Waals surface area (Å²) in [6.07, 6.45) is 4.53. The zero-order chi connectivity index (χ0) is 17.0. The average molecular weight is 466 g/mol. The molecule has 7 heteroatoms. The molecule has 1 fully saturated rings. The number of hydrogen-bond acceptors (Lipinski definition) is 3. The molecule has 0 atom stereocenters. The predicted molar refractivity (Wildman–Crippen MR) is 101 cm³/mol. The highest BCUT2D eigenvalue weighted by Crippen LogP contribution is 2.34. The van der Waals surface area contributed by atoms with Crippen LogP contribution < -0.4 is 5.32 Å². The minimum Gasteiger partial charge on any atom is -0.341 e. The highest BCUT2D eigenvalue weighted by molar-refractivity contribution is 9.13. The molecule has 1 N–H and O–H groups in total. The van der Waals surface area contributed by atoms with Gasteiger partial charge in [0.1, 0.15) is 5.54 Å². The number of halogens is 2. The largest absolute Gasteiger partial charge is 0.341 e. The van der Waals surface area contributed by atoms with Crippen LogP contribution in [0.4, 0.5) is 0 Å². The molecule has 0 aromatic carbocycles. The quantitative estimate of drug-likeness (QED) is 0.692. The van der Waals surface area contributed by atoms with Gasteiger partial charge in [0, 0.05) is 17.6 Å². The van der Waals surface area contributed by atoms with Crippen molar-refractivity contribution < 1.29 is 9.59 Å². The van der Waals surface area contributed by atoms with E-state index in [4.69, 9.17) is 0 Å². The fraction of sp³-hybridized carbons (Fsp3) is 0.625. The van der Waals surface area contributed by atoms with Gasteiger partial charge in [0.15, 0.2) is 0 Å². The standard InChI is InChI=1S/C16H22Br2N2O2S/c1-3-20(4-2)15(22)16(8-6-5-7-9-16)19-14(21)12-10-11(17)13(18)23-12/h10H,3-9H2,1-2H3,(H,19,21). The minimum atomic E-state index is -0.746. The topological polar surface area (TPSA) is 49.4 Å². The zero-order valence-electron chi connectivity index (χ0n) is 13.5. The van der Waals surface area contributed by atoms with Gasteiger partial charge in [0.25, 0.3) is 5.91 Å². The first-order valence-corrected chi connectivity index (χ1v) is 10.4. The summed E-state index contributed by atoms with van der Waals surface area (Å²) >= 11 is 8.19. The van der Waals surface area contributed by atoms with Crippen molar-refractivity contribution in [2.75, 3.05) is 13.1 Å². The van der Waals surface area contributed by atoms with Gasteiger partial charge in [-0.2, -0.15) is 0 Å². The van der Waals surface area contributed by atoms with E-state index in [1.54, 1.807) is 6.07 Å². The van der Waals surface area contributed by atoms with Gasteiger partial charge < -0.3 is 10.2 Å². The molecule has 1 heterocycles. The second kappa shape index (κ2) is 8.12. The van der Waals surface area contributed by atoms with Crippen molar-refractivity contribution in [3.05, 3.63) is 19.2 Å². The summed E-state index contributed by atoms with van der Waals surface area (Å²) in [5, 5.41) is 3.08. The molecule has 1 aliphatic carbocycles. The zero-order valence-corrected chi connectivity index (χ0v) is 17.4. The van der Waals surface area contributed by atoms with Crippen LogP contribution in [0, 0.1) is 0 Å². The number of hydrogen-bond donors (Lipinski definition) is 1. The Morgan fingerprint density at radius 3 is 2.30 bits per heavy atom. The first-order valence-electron chi connectivity index (χ1n) is 8.00. The summed E-state index contributed by atoms with van der Waals surface area (Å²) in [7, 11) is 0. The molecule has 2 rings (SSSR count). The van der Waals surface area contributed by atoms with Gasteiger partial charge in [-0.3, -0.25) is 9.59 Å². The molecule has 0 unspecified atom stereocenters. The van der Waals surface area contributed by atoms with Crippen LogP contribution in [-0.2, 0) is 4.79 Å². The van der Waals surface area contributed by atoms with Crippen LogP contribution in [-0.4, -0.2) is 35.3 Å². The maximum Gasteiger partial charge on any atom is 0.262 e. The summed E-state index contributed by atoms with van der Waals surface area (Å²) in [4.78, 5) is 28.1. The van der Waals surface area contributed by atoms with E-state index in [-0.39, 0.29) is 11.8 Å². The van der Waals surface area contributed by atoms with Crippen molar-refractivity contribution in [1.82, 2.24) is 10.2 Å². The Morgan fingerprint density at radius 2 is 1.83 bits per heavy atom. The van der Waals surface area contributed by atoms with Gasteiger partial charge in [-0.05, 0) is 64.6 Å². The third kappa shape index (κ3) is 4.17. The van der Waals surface area contributed by atoms with Gasteiger partial charge >= 0.3 is 0 Å². The fourth-order valence-corrected chi connectivity index (χ4v) is 5.03. The van der Waals surface area contributed by atoms with Crippen molar-refractivity contribution in [2.45, 2.75) is 51.5 Å². The van der Waals surface area contributed by atoms with Crippen molar-refractivity contribution in [3.8, 4) is 0 Å². The Kier molecular flexibility index (Phi) is 6.68. The molecule has 0 radical (unpaired) electrons. The molecule has 4 nitrogen and oxygen atoms in total. The molecule has 2 amide bonds. The second-order valence-corrected chi connectivity index (χ2v) is 9.03. The van der Waals surface area contributed by atoms with E-state index < -0.39 is 5.54 Å². The van der Waals surface area contributed by atoms with E-state index in [0.717, 1.165) is 40.4 Å². The van der Waals surface area contributed by atoms with E-state index in [9.17, 15) is 9.59 Å². The average Bonchev–Trinajstić information content (AvgIpc) is 2.89. The van der Waals surface area contributed by atoms with Crippen molar-refractivity contribution >= 4 is 55.0 Å². The minimum absolute atomic E-state index is 0.0604. The Balaban J connectivity index is 2.24. The number of nitrogens with zero attached hydrogens (tertiary/aromatic N) is 1. The van der Waals surface area contributed by atoms with Gasteiger partial charge in [0.05, 0.1) is 8.66 Å². The van der Waals surface area contributed by atoms with Crippen molar-refractivity contribution in [2.24, 2.45) is 0 Å². The van der Waals surface area contributed by atoms with Crippen LogP contribution in [0.2, 0.25) is 0 Å². The van der Waals surface area contributed by atoms with Crippen LogP contribution in [0.25, 0.3) is 0 Å². The molecule has 0 bridgehead atoms. The van der Waals surface area contributed by atoms with Crippen LogP contribution in [0.1, 0.15) is 55.6 Å². The lowest BCUT2D eigenvalue weighted by Gasteiger charge is -2.39. The van der Waals surface area contributed by atoms with E-state index in [2.05, 4.69) is 37.2 Å². The molecule has 1 aliphatic rings. The van der Waals surface area contributed by atoms with Crippen LogP contribution in [0.3, 0.4) is 0 Å². The van der Waals surface area contributed by atoms with Crippen molar-refractivity contribution in [3.63, 3.8) is 0 Å². The maximum atomic E-state index is 13.0. The summed E-state index contributed by atoms with van der Waals surface area (Å²) in [6, 6.07) is 1.79. The predicted octanol–water partition coefficient (Wildman–Crippen LogP) is 4.57. The lowest BCUT2D eigenvalue weighted by molar-refractivity contribution is -0.139. The molecular weight excluding hydrogens is 444 g/mol. The fourth-order valence-electron chi connectivity index (χ4n) is 3.10. The summed E-state index contributed by atoms with van der Waals surface area (Å²) in [6.45, 7) is 5.30. The Labute approximate surface area is 158 Å². The number of amides is 2. The number of carbonyl (C=O) groups excluding carboxylic acids is 2. The molecule has 1 saturated carbocycles. The lowest BCUT2D eigenvalue weighted by atomic mass is 9.80. The first-order chi connectivity index (χ1) is 10.9. The van der Waals surface area contributed by atoms with Crippen LogP contribution in [0.15, 0.2) is 14.3 Å². The van der Waals surface area contributed by atoms with E-state index in [1.807, 2.05) is 18.7 Å². The lowest BCUT2D eigenvalue weighted by Crippen LogP contribution is -2.60. The normalized spacial score (nSPS) is 16.9.